The fourth-order valence-electron chi connectivity index (χ4n) is 3.23. The second-order valence-corrected chi connectivity index (χ2v) is 7.92. The molecule has 2 amide bonds. The van der Waals surface area contributed by atoms with Gasteiger partial charge in [0.1, 0.15) is 6.61 Å². The molecule has 0 heterocycles. The number of aliphatic hydroxyl groups excluding tert-OH is 1. The van der Waals surface area contributed by atoms with Gasteiger partial charge in [-0.05, 0) is 19.3 Å². The van der Waals surface area contributed by atoms with Gasteiger partial charge in [0, 0.05) is 19.4 Å². The lowest BCUT2D eigenvalue weighted by Gasteiger charge is -2.16. The lowest BCUT2D eigenvalue weighted by atomic mass is 10.0. The van der Waals surface area contributed by atoms with Crippen LogP contribution in [0.25, 0.3) is 0 Å². The first-order valence-electron chi connectivity index (χ1n) is 11.7. The molecule has 6 nitrogen and oxygen atoms in total. The zero-order chi connectivity index (χ0) is 21.7. The first-order chi connectivity index (χ1) is 14.0. The number of hydrogen-bond acceptors (Lipinski definition) is 4. The van der Waals surface area contributed by atoms with E-state index in [1.54, 1.807) is 0 Å². The lowest BCUT2D eigenvalue weighted by molar-refractivity contribution is -0.130. The van der Waals surface area contributed by atoms with Crippen LogP contribution < -0.4 is 10.6 Å². The largest absolute Gasteiger partial charge is 0.389 e. The van der Waals surface area contributed by atoms with E-state index in [9.17, 15) is 14.4 Å². The molecule has 0 aliphatic heterocycles. The van der Waals surface area contributed by atoms with E-state index in [1.807, 2.05) is 6.92 Å². The summed E-state index contributed by atoms with van der Waals surface area (Å²) < 4.78 is 0. The van der Waals surface area contributed by atoms with Crippen molar-refractivity contribution in [3.63, 3.8) is 0 Å². The molecule has 0 saturated heterocycles. The van der Waals surface area contributed by atoms with E-state index >= 15 is 0 Å². The number of Topliss-reactive ketones (excluding diaryl/α,β-unsaturated/α-hetero) is 1. The fourth-order valence-corrected chi connectivity index (χ4v) is 3.23. The van der Waals surface area contributed by atoms with E-state index < -0.39 is 18.4 Å². The van der Waals surface area contributed by atoms with Crippen molar-refractivity contribution in [1.29, 1.82) is 0 Å². The second-order valence-electron chi connectivity index (χ2n) is 7.92. The number of aliphatic hydroxyl groups is 1. The number of ketones is 1. The highest BCUT2D eigenvalue weighted by Gasteiger charge is 2.20. The maximum atomic E-state index is 12.1. The highest BCUT2D eigenvalue weighted by atomic mass is 16.3. The summed E-state index contributed by atoms with van der Waals surface area (Å²) in [5, 5.41) is 14.6. The minimum Gasteiger partial charge on any atom is -0.389 e. The number of nitrogens with one attached hydrogen (secondary N) is 2. The quantitative estimate of drug-likeness (QED) is 0.263. The molecule has 0 spiro atoms. The van der Waals surface area contributed by atoms with E-state index in [0.717, 1.165) is 32.1 Å². The monoisotopic (exact) mass is 412 g/mol. The number of hydrogen-bond donors (Lipinski definition) is 3. The smallest absolute Gasteiger partial charge is 0.220 e. The van der Waals surface area contributed by atoms with E-state index in [0.29, 0.717) is 13.0 Å². The van der Waals surface area contributed by atoms with E-state index in [1.165, 1.54) is 44.9 Å². The number of amides is 2. The Kier molecular flexibility index (Phi) is 18.9. The van der Waals surface area contributed by atoms with Gasteiger partial charge in [-0.1, -0.05) is 78.1 Å². The van der Waals surface area contributed by atoms with E-state index in [-0.39, 0.29) is 24.7 Å². The van der Waals surface area contributed by atoms with Crippen LogP contribution in [0.1, 0.15) is 110 Å². The number of unbranched alkanes of at least 4 members (excludes halogenated alkanes) is 10. The zero-order valence-corrected chi connectivity index (χ0v) is 18.8. The highest BCUT2D eigenvalue weighted by Crippen LogP contribution is 2.11. The summed E-state index contributed by atoms with van der Waals surface area (Å²) in [5.41, 5.74) is 0. The molecule has 0 fully saturated rings. The van der Waals surface area contributed by atoms with Crippen LogP contribution in [0.5, 0.6) is 0 Å². The van der Waals surface area contributed by atoms with Crippen LogP contribution in [0.15, 0.2) is 0 Å². The molecule has 0 aromatic rings. The van der Waals surface area contributed by atoms with Gasteiger partial charge in [0.15, 0.2) is 5.78 Å². The van der Waals surface area contributed by atoms with Crippen LogP contribution in [-0.2, 0) is 14.4 Å². The second kappa shape index (κ2) is 19.9. The van der Waals surface area contributed by atoms with Gasteiger partial charge >= 0.3 is 0 Å². The SMILES string of the molecule is CCCCCCCCCCCCC(=O)NC(CCC(=O)NCCCC)C(=O)CO. The number of rotatable bonds is 20. The fraction of sp³-hybridized carbons (Fsp3) is 0.870. The topological polar surface area (TPSA) is 95.5 Å². The molecule has 29 heavy (non-hydrogen) atoms. The molecule has 0 saturated carbocycles. The lowest BCUT2D eigenvalue weighted by Crippen LogP contribution is -2.43. The Morgan fingerprint density at radius 2 is 1.28 bits per heavy atom. The van der Waals surface area contributed by atoms with Gasteiger partial charge < -0.3 is 15.7 Å². The highest BCUT2D eigenvalue weighted by molar-refractivity contribution is 5.90. The van der Waals surface area contributed by atoms with Gasteiger partial charge in [0.05, 0.1) is 6.04 Å². The Labute approximate surface area is 177 Å². The first-order valence-corrected chi connectivity index (χ1v) is 11.7. The van der Waals surface area contributed by atoms with Gasteiger partial charge in [-0.25, -0.2) is 0 Å². The Bertz CT molecular complexity index is 441. The molecule has 0 aromatic carbocycles. The minimum absolute atomic E-state index is 0.127. The van der Waals surface area contributed by atoms with E-state index in [4.69, 9.17) is 5.11 Å². The van der Waals surface area contributed by atoms with Crippen LogP contribution in [-0.4, -0.2) is 41.9 Å². The molecule has 6 heteroatoms. The minimum atomic E-state index is -0.785. The third-order valence-corrected chi connectivity index (χ3v) is 5.15. The average Bonchev–Trinajstić information content (AvgIpc) is 2.72. The van der Waals surface area contributed by atoms with Crippen molar-refractivity contribution < 1.29 is 19.5 Å². The maximum absolute atomic E-state index is 12.1. The van der Waals surface area contributed by atoms with Crippen molar-refractivity contribution in [1.82, 2.24) is 10.6 Å². The van der Waals surface area contributed by atoms with Gasteiger partial charge in [-0.15, -0.1) is 0 Å². The summed E-state index contributed by atoms with van der Waals surface area (Å²) in [5.74, 6) is -0.747. The summed E-state index contributed by atoms with van der Waals surface area (Å²) in [6.07, 6.45) is 14.7. The van der Waals surface area contributed by atoms with Crippen molar-refractivity contribution in [3.8, 4) is 0 Å². The molecule has 3 N–H and O–H groups in total. The van der Waals surface area contributed by atoms with Gasteiger partial charge in [-0.3, -0.25) is 14.4 Å². The maximum Gasteiger partial charge on any atom is 0.220 e. The normalized spacial score (nSPS) is 11.8. The van der Waals surface area contributed by atoms with Crippen molar-refractivity contribution in [2.45, 2.75) is 116 Å². The van der Waals surface area contributed by atoms with Crippen LogP contribution in [0.2, 0.25) is 0 Å². The molecule has 0 rings (SSSR count). The van der Waals surface area contributed by atoms with Gasteiger partial charge in [-0.2, -0.15) is 0 Å². The zero-order valence-electron chi connectivity index (χ0n) is 18.8. The van der Waals surface area contributed by atoms with Crippen LogP contribution >= 0.6 is 0 Å². The van der Waals surface area contributed by atoms with Gasteiger partial charge in [0.25, 0.3) is 0 Å². The molecular weight excluding hydrogens is 368 g/mol. The van der Waals surface area contributed by atoms with Crippen molar-refractivity contribution in [2.24, 2.45) is 0 Å². The summed E-state index contributed by atoms with van der Waals surface area (Å²) >= 11 is 0. The van der Waals surface area contributed by atoms with Crippen LogP contribution in [0, 0.1) is 0 Å². The number of carbonyl (C=O) groups is 3. The molecule has 0 bridgehead atoms. The van der Waals surface area contributed by atoms with Gasteiger partial charge in [0.2, 0.25) is 11.8 Å². The summed E-state index contributed by atoms with van der Waals surface area (Å²) in [4.78, 5) is 35.8. The third-order valence-electron chi connectivity index (χ3n) is 5.15. The summed E-state index contributed by atoms with van der Waals surface area (Å²) in [7, 11) is 0. The Hall–Kier alpha value is -1.43. The molecule has 0 aliphatic carbocycles. The van der Waals surface area contributed by atoms with Crippen LogP contribution in [0.3, 0.4) is 0 Å². The predicted molar refractivity (Wildman–Crippen MR) is 118 cm³/mol. The van der Waals surface area contributed by atoms with E-state index in [2.05, 4.69) is 17.6 Å². The predicted octanol–water partition coefficient (Wildman–Crippen LogP) is 4.04. The standard InChI is InChI=1S/C23H44N2O4/c1-3-5-7-8-9-10-11-12-13-14-15-23(29)25-20(21(27)19-26)16-17-22(28)24-18-6-4-2/h20,26H,3-19H2,1-2H3,(H,24,28)(H,25,29). The molecule has 170 valence electrons. The Balaban J connectivity index is 3.92. The molecule has 0 radical (unpaired) electrons. The van der Waals surface area contributed by atoms with Crippen molar-refractivity contribution in [2.75, 3.05) is 13.2 Å². The average molecular weight is 413 g/mol. The summed E-state index contributed by atoms with van der Waals surface area (Å²) in [6.45, 7) is 4.27. The Morgan fingerprint density at radius 1 is 0.724 bits per heavy atom. The van der Waals surface area contributed by atoms with Crippen molar-refractivity contribution in [3.05, 3.63) is 0 Å². The van der Waals surface area contributed by atoms with Crippen LogP contribution in [0.4, 0.5) is 0 Å². The summed E-state index contributed by atoms with van der Waals surface area (Å²) in [6, 6.07) is -0.785. The third kappa shape index (κ3) is 17.2. The molecular formula is C23H44N2O4. The Morgan fingerprint density at radius 3 is 1.83 bits per heavy atom. The number of carbonyl (C=O) groups excluding carboxylic acids is 3. The molecule has 1 unspecified atom stereocenters. The molecule has 0 aliphatic rings. The van der Waals surface area contributed by atoms with Crippen molar-refractivity contribution >= 4 is 17.6 Å². The molecule has 1 atom stereocenters. The molecule has 0 aromatic heterocycles. The first kappa shape index (κ1) is 27.6.